The molecule has 0 spiro atoms. The molecule has 1 amide bonds. The summed E-state index contributed by atoms with van der Waals surface area (Å²) >= 11 is 5.89. The van der Waals surface area contributed by atoms with Gasteiger partial charge in [0.15, 0.2) is 5.75 Å². The Morgan fingerprint density at radius 2 is 1.72 bits per heavy atom. The van der Waals surface area contributed by atoms with Crippen LogP contribution in [0.1, 0.15) is 27.2 Å². The number of ether oxygens (including phenoxy) is 1. The third-order valence-corrected chi connectivity index (χ3v) is 5.28. The van der Waals surface area contributed by atoms with Crippen molar-refractivity contribution in [1.82, 2.24) is 10.3 Å². The largest absolute Gasteiger partial charge is 0.505 e. The van der Waals surface area contributed by atoms with Crippen LogP contribution < -0.4 is 10.1 Å². The van der Waals surface area contributed by atoms with E-state index in [1.165, 1.54) is 0 Å². The zero-order valence-electron chi connectivity index (χ0n) is 17.4. The van der Waals surface area contributed by atoms with Gasteiger partial charge >= 0.3 is 0 Å². The van der Waals surface area contributed by atoms with Crippen LogP contribution in [0.15, 0.2) is 72.8 Å². The van der Waals surface area contributed by atoms with E-state index < -0.39 is 0 Å². The fourth-order valence-electron chi connectivity index (χ4n) is 3.24. The minimum Gasteiger partial charge on any atom is -0.505 e. The van der Waals surface area contributed by atoms with E-state index in [0.29, 0.717) is 22.8 Å². The second kappa shape index (κ2) is 9.54. The zero-order chi connectivity index (χ0) is 22.5. The number of hydrogen-bond donors (Lipinski definition) is 2. The highest BCUT2D eigenvalue weighted by Crippen LogP contribution is 2.28. The van der Waals surface area contributed by atoms with Crippen LogP contribution in [-0.4, -0.2) is 23.1 Å². The summed E-state index contributed by atoms with van der Waals surface area (Å²) < 4.78 is 5.17. The van der Waals surface area contributed by atoms with Crippen LogP contribution >= 0.6 is 11.6 Å². The third-order valence-electron chi connectivity index (χ3n) is 5.03. The topological polar surface area (TPSA) is 71.5 Å². The highest BCUT2D eigenvalue weighted by molar-refractivity contribution is 6.30. The van der Waals surface area contributed by atoms with E-state index in [4.69, 9.17) is 16.3 Å². The molecule has 0 atom stereocenters. The molecule has 0 aliphatic rings. The quantitative estimate of drug-likeness (QED) is 0.400. The molecule has 3 aromatic carbocycles. The first-order valence-corrected chi connectivity index (χ1v) is 10.4. The van der Waals surface area contributed by atoms with E-state index >= 15 is 0 Å². The molecule has 1 heterocycles. The molecular weight excluding hydrogens is 424 g/mol. The first-order valence-electron chi connectivity index (χ1n) is 10.0. The van der Waals surface area contributed by atoms with Gasteiger partial charge in [-0.2, -0.15) is 0 Å². The van der Waals surface area contributed by atoms with Crippen LogP contribution in [0.4, 0.5) is 0 Å². The normalized spacial score (nSPS) is 11.1. The lowest BCUT2D eigenvalue weighted by Gasteiger charge is -2.09. The van der Waals surface area contributed by atoms with Gasteiger partial charge in [-0.3, -0.25) is 4.79 Å². The van der Waals surface area contributed by atoms with Gasteiger partial charge < -0.3 is 15.2 Å². The fraction of sp³-hybridized carbons (Fsp3) is 0.0769. The Morgan fingerprint density at radius 1 is 1.00 bits per heavy atom. The lowest BCUT2D eigenvalue weighted by atomic mass is 10.1. The van der Waals surface area contributed by atoms with Crippen molar-refractivity contribution in [3.63, 3.8) is 0 Å². The monoisotopic (exact) mass is 444 g/mol. The number of aromatic hydroxyl groups is 1. The van der Waals surface area contributed by atoms with Gasteiger partial charge in [0.05, 0.1) is 18.4 Å². The standard InChI is InChI=1S/C26H21ClN2O3/c1-32-22-13-5-17(6-14-22)4-11-21-12-7-19-8-15-23(25(30)24(19)29-21)26(31)28-16-18-2-9-20(27)10-3-18/h2-15,30H,16H2,1H3,(H,28,31)/b11-4+. The van der Waals surface area contributed by atoms with E-state index in [0.717, 1.165) is 22.3 Å². The molecule has 0 aliphatic carbocycles. The number of halogens is 1. The van der Waals surface area contributed by atoms with Crippen LogP contribution in [0.25, 0.3) is 23.1 Å². The summed E-state index contributed by atoms with van der Waals surface area (Å²) in [6.07, 6.45) is 3.78. The van der Waals surface area contributed by atoms with Crippen molar-refractivity contribution in [2.75, 3.05) is 7.11 Å². The van der Waals surface area contributed by atoms with Crippen molar-refractivity contribution in [1.29, 1.82) is 0 Å². The number of aromatic nitrogens is 1. The van der Waals surface area contributed by atoms with Crippen LogP contribution in [0.2, 0.25) is 5.02 Å². The molecule has 6 heteroatoms. The summed E-state index contributed by atoms with van der Waals surface area (Å²) in [6.45, 7) is 0.325. The van der Waals surface area contributed by atoms with Gasteiger partial charge in [-0.1, -0.05) is 54.1 Å². The molecule has 0 unspecified atom stereocenters. The second-order valence-electron chi connectivity index (χ2n) is 7.19. The Labute approximate surface area is 191 Å². The molecule has 1 aromatic heterocycles. The smallest absolute Gasteiger partial charge is 0.255 e. The maximum Gasteiger partial charge on any atom is 0.255 e. The van der Waals surface area contributed by atoms with Crippen molar-refractivity contribution in [2.45, 2.75) is 6.54 Å². The summed E-state index contributed by atoms with van der Waals surface area (Å²) in [6, 6.07) is 22.0. The number of phenolic OH excluding ortho intramolecular Hbond substituents is 1. The van der Waals surface area contributed by atoms with E-state index in [-0.39, 0.29) is 17.2 Å². The zero-order valence-corrected chi connectivity index (χ0v) is 18.1. The van der Waals surface area contributed by atoms with Gasteiger partial charge in [0, 0.05) is 17.0 Å². The molecule has 0 fully saturated rings. The van der Waals surface area contributed by atoms with Crippen LogP contribution in [0.3, 0.4) is 0 Å². The number of carbonyl (C=O) groups is 1. The average molecular weight is 445 g/mol. The Bertz CT molecular complexity index is 1280. The maximum atomic E-state index is 12.6. The Balaban J connectivity index is 1.54. The number of nitrogens with zero attached hydrogens (tertiary/aromatic N) is 1. The maximum absolute atomic E-state index is 12.6. The van der Waals surface area contributed by atoms with E-state index in [2.05, 4.69) is 10.3 Å². The lowest BCUT2D eigenvalue weighted by molar-refractivity contribution is 0.0948. The summed E-state index contributed by atoms with van der Waals surface area (Å²) in [5.74, 6) is 0.272. The van der Waals surface area contributed by atoms with Gasteiger partial charge in [0.25, 0.3) is 5.91 Å². The van der Waals surface area contributed by atoms with Gasteiger partial charge in [-0.05, 0) is 53.6 Å². The Kier molecular flexibility index (Phi) is 6.38. The van der Waals surface area contributed by atoms with E-state index in [1.807, 2.05) is 60.7 Å². The molecule has 2 N–H and O–H groups in total. The first kappa shape index (κ1) is 21.4. The highest BCUT2D eigenvalue weighted by atomic mass is 35.5. The SMILES string of the molecule is COc1ccc(/C=C/c2ccc3ccc(C(=O)NCc4ccc(Cl)cc4)c(O)c3n2)cc1. The Hall–Kier alpha value is -3.83. The fourth-order valence-corrected chi connectivity index (χ4v) is 3.37. The van der Waals surface area contributed by atoms with Crippen molar-refractivity contribution in [2.24, 2.45) is 0 Å². The average Bonchev–Trinajstić information content (AvgIpc) is 2.83. The van der Waals surface area contributed by atoms with E-state index in [9.17, 15) is 9.90 Å². The number of rotatable bonds is 6. The van der Waals surface area contributed by atoms with Gasteiger partial charge in [-0.15, -0.1) is 0 Å². The molecule has 4 rings (SSSR count). The number of fused-ring (bicyclic) bond motifs is 1. The minimum atomic E-state index is -0.375. The lowest BCUT2D eigenvalue weighted by Crippen LogP contribution is -2.22. The summed E-state index contributed by atoms with van der Waals surface area (Å²) in [4.78, 5) is 17.2. The van der Waals surface area contributed by atoms with Crippen LogP contribution in [0.5, 0.6) is 11.5 Å². The van der Waals surface area contributed by atoms with Gasteiger partial charge in [0.1, 0.15) is 11.3 Å². The molecule has 0 saturated heterocycles. The summed E-state index contributed by atoms with van der Waals surface area (Å²) in [7, 11) is 1.63. The second-order valence-corrected chi connectivity index (χ2v) is 7.62. The van der Waals surface area contributed by atoms with Gasteiger partial charge in [0.2, 0.25) is 0 Å². The highest BCUT2D eigenvalue weighted by Gasteiger charge is 2.15. The van der Waals surface area contributed by atoms with Crippen molar-refractivity contribution < 1.29 is 14.6 Å². The molecule has 0 bridgehead atoms. The predicted molar refractivity (Wildman–Crippen MR) is 128 cm³/mol. The van der Waals surface area contributed by atoms with Crippen LogP contribution in [-0.2, 0) is 6.54 Å². The number of benzene rings is 3. The number of amides is 1. The molecule has 32 heavy (non-hydrogen) atoms. The van der Waals surface area contributed by atoms with Gasteiger partial charge in [-0.25, -0.2) is 4.98 Å². The Morgan fingerprint density at radius 3 is 2.44 bits per heavy atom. The molecule has 160 valence electrons. The van der Waals surface area contributed by atoms with Crippen molar-refractivity contribution in [3.05, 3.63) is 100 Å². The molecule has 0 radical (unpaired) electrons. The van der Waals surface area contributed by atoms with Crippen molar-refractivity contribution in [3.8, 4) is 11.5 Å². The van der Waals surface area contributed by atoms with E-state index in [1.54, 1.807) is 31.4 Å². The van der Waals surface area contributed by atoms with Crippen LogP contribution in [0, 0.1) is 0 Å². The number of phenols is 1. The number of pyridine rings is 1. The molecule has 0 saturated carbocycles. The first-order chi connectivity index (χ1) is 15.5. The third kappa shape index (κ3) is 4.90. The summed E-state index contributed by atoms with van der Waals surface area (Å²) in [5, 5.41) is 14.9. The molecule has 0 aliphatic heterocycles. The number of carbonyl (C=O) groups excluding carboxylic acids is 1. The number of nitrogens with one attached hydrogen (secondary N) is 1. The molecule has 5 nitrogen and oxygen atoms in total. The predicted octanol–water partition coefficient (Wildman–Crippen LogP) is 5.70. The number of hydrogen-bond acceptors (Lipinski definition) is 4. The number of methoxy groups -OCH3 is 1. The summed E-state index contributed by atoms with van der Waals surface area (Å²) in [5.41, 5.74) is 3.12. The molecule has 4 aromatic rings. The van der Waals surface area contributed by atoms with Crippen molar-refractivity contribution >= 4 is 40.6 Å². The molecular formula is C26H21ClN2O3. The minimum absolute atomic E-state index is 0.143.